The molecule has 0 spiro atoms. The molecule has 10 heteroatoms. The predicted molar refractivity (Wildman–Crippen MR) is 185 cm³/mol. The number of rotatable bonds is 8. The van der Waals surface area contributed by atoms with Crippen molar-refractivity contribution in [1.82, 2.24) is 0 Å². The van der Waals surface area contributed by atoms with Crippen LogP contribution in [-0.2, 0) is 29.7 Å². The summed E-state index contributed by atoms with van der Waals surface area (Å²) in [6.07, 6.45) is 5.86. The lowest BCUT2D eigenvalue weighted by atomic mass is 10.0. The maximum Gasteiger partial charge on any atom is 0.339 e. The Balaban J connectivity index is 0.000000188. The molecule has 8 nitrogen and oxygen atoms in total. The predicted octanol–water partition coefficient (Wildman–Crippen LogP) is 8.34. The van der Waals surface area contributed by atoms with Gasteiger partial charge in [0.25, 0.3) is 0 Å². The highest BCUT2D eigenvalue weighted by Crippen LogP contribution is 2.31. The Morgan fingerprint density at radius 1 is 0.500 bits per heavy atom. The molecule has 0 unspecified atom stereocenters. The molecule has 6 rings (SSSR count). The minimum Gasteiger partial charge on any atom is -0.379 e. The minimum absolute atomic E-state index is 0.0118. The van der Waals surface area contributed by atoms with Crippen molar-refractivity contribution in [2.75, 3.05) is 13.2 Å². The SMILES string of the molecule is CC1=CCO[C@@H](c2ccc(OS(=O)(=O)c3ccc(C)cc3)cc2)C1.CC1=CCO[C@@H](c2ccc(OS(=O)(=O)c3ccc(C)cc3)cc2)C1. The summed E-state index contributed by atoms with van der Waals surface area (Å²) in [5.41, 5.74) is 6.62. The standard InChI is InChI=1S/2C19H20O4S/c2*1-14-3-9-18(10-4-14)24(20,21)23-17-7-5-16(6-8-17)19-13-15(2)11-12-22-19/h2*3-11,19H,12-13H2,1-2H3/t2*19-/m11/s1. The van der Waals surface area contributed by atoms with Gasteiger partial charge in [-0.1, -0.05) is 83.0 Å². The number of aryl methyl sites for hydroxylation is 2. The third-order valence-corrected chi connectivity index (χ3v) is 10.5. The van der Waals surface area contributed by atoms with Crippen LogP contribution in [0.3, 0.4) is 0 Å². The van der Waals surface area contributed by atoms with E-state index in [4.69, 9.17) is 17.8 Å². The second-order valence-corrected chi connectivity index (χ2v) is 15.1. The summed E-state index contributed by atoms with van der Waals surface area (Å²) >= 11 is 0. The summed E-state index contributed by atoms with van der Waals surface area (Å²) in [4.78, 5) is 0.294. The Kier molecular flexibility index (Phi) is 11.2. The van der Waals surface area contributed by atoms with E-state index in [9.17, 15) is 16.8 Å². The second kappa shape index (κ2) is 15.3. The molecule has 252 valence electrons. The molecule has 0 saturated carbocycles. The van der Waals surface area contributed by atoms with Gasteiger partial charge >= 0.3 is 20.2 Å². The van der Waals surface area contributed by atoms with E-state index in [1.165, 1.54) is 11.1 Å². The molecule has 0 radical (unpaired) electrons. The van der Waals surface area contributed by atoms with Crippen LogP contribution in [0.25, 0.3) is 0 Å². The molecule has 0 amide bonds. The van der Waals surface area contributed by atoms with Crippen LogP contribution in [0, 0.1) is 13.8 Å². The molecule has 48 heavy (non-hydrogen) atoms. The molecule has 2 atom stereocenters. The van der Waals surface area contributed by atoms with E-state index in [1.807, 2.05) is 38.1 Å². The van der Waals surface area contributed by atoms with E-state index in [-0.39, 0.29) is 22.0 Å². The van der Waals surface area contributed by atoms with Gasteiger partial charge in [-0.2, -0.15) is 16.8 Å². The summed E-state index contributed by atoms with van der Waals surface area (Å²) in [5.74, 6) is 0.588. The van der Waals surface area contributed by atoms with Crippen molar-refractivity contribution >= 4 is 20.2 Å². The molecule has 0 bridgehead atoms. The molecular weight excluding hydrogens is 649 g/mol. The maximum atomic E-state index is 12.3. The van der Waals surface area contributed by atoms with Gasteiger partial charge in [-0.15, -0.1) is 0 Å². The molecule has 0 saturated heterocycles. The lowest BCUT2D eigenvalue weighted by Crippen LogP contribution is -2.11. The second-order valence-electron chi connectivity index (χ2n) is 12.0. The molecule has 0 aromatic heterocycles. The van der Waals surface area contributed by atoms with Crippen molar-refractivity contribution in [3.05, 3.63) is 143 Å². The van der Waals surface area contributed by atoms with Gasteiger partial charge in [0.05, 0.1) is 25.4 Å². The van der Waals surface area contributed by atoms with Gasteiger partial charge in [-0.3, -0.25) is 0 Å². The van der Waals surface area contributed by atoms with Crippen LogP contribution in [0.4, 0.5) is 0 Å². The van der Waals surface area contributed by atoms with Gasteiger partial charge < -0.3 is 17.8 Å². The highest BCUT2D eigenvalue weighted by molar-refractivity contribution is 7.87. The van der Waals surface area contributed by atoms with E-state index in [2.05, 4.69) is 26.0 Å². The number of hydrogen-bond donors (Lipinski definition) is 0. The Morgan fingerprint density at radius 2 is 0.833 bits per heavy atom. The zero-order chi connectivity index (χ0) is 34.3. The first-order valence-electron chi connectivity index (χ1n) is 15.6. The van der Waals surface area contributed by atoms with Gasteiger partial charge in [0.1, 0.15) is 21.3 Å². The lowest BCUT2D eigenvalue weighted by Gasteiger charge is -2.22. The van der Waals surface area contributed by atoms with E-state index < -0.39 is 20.2 Å². The number of benzene rings is 4. The molecule has 2 aliphatic rings. The summed E-state index contributed by atoms with van der Waals surface area (Å²) < 4.78 is 71.0. The first-order valence-corrected chi connectivity index (χ1v) is 18.5. The fourth-order valence-electron chi connectivity index (χ4n) is 5.15. The summed E-state index contributed by atoms with van der Waals surface area (Å²) in [7, 11) is -7.63. The summed E-state index contributed by atoms with van der Waals surface area (Å²) in [6, 6.07) is 27.2. The Labute approximate surface area is 283 Å². The largest absolute Gasteiger partial charge is 0.379 e. The van der Waals surface area contributed by atoms with E-state index >= 15 is 0 Å². The van der Waals surface area contributed by atoms with E-state index in [0.717, 1.165) is 35.1 Å². The van der Waals surface area contributed by atoms with Crippen molar-refractivity contribution < 1.29 is 34.7 Å². The lowest BCUT2D eigenvalue weighted by molar-refractivity contribution is 0.0640. The molecule has 2 aliphatic heterocycles. The Morgan fingerprint density at radius 3 is 1.15 bits per heavy atom. The third-order valence-electron chi connectivity index (χ3n) is 8.01. The highest BCUT2D eigenvalue weighted by atomic mass is 32.2. The van der Waals surface area contributed by atoms with Crippen LogP contribution in [0.15, 0.2) is 130 Å². The van der Waals surface area contributed by atoms with Gasteiger partial charge in [-0.05, 0) is 100 Å². The number of ether oxygens (including phenoxy) is 2. The van der Waals surface area contributed by atoms with Crippen LogP contribution < -0.4 is 8.37 Å². The van der Waals surface area contributed by atoms with E-state index in [0.29, 0.717) is 24.7 Å². The van der Waals surface area contributed by atoms with Gasteiger partial charge in [0, 0.05) is 0 Å². The van der Waals surface area contributed by atoms with Gasteiger partial charge in [0.15, 0.2) is 0 Å². The Hall–Kier alpha value is -4.22. The van der Waals surface area contributed by atoms with Gasteiger partial charge in [-0.25, -0.2) is 0 Å². The van der Waals surface area contributed by atoms with Crippen LogP contribution >= 0.6 is 0 Å². The van der Waals surface area contributed by atoms with Crippen LogP contribution in [0.2, 0.25) is 0 Å². The molecular formula is C38H40O8S2. The van der Waals surface area contributed by atoms with Crippen molar-refractivity contribution in [2.45, 2.75) is 62.5 Å². The minimum atomic E-state index is -3.82. The zero-order valence-electron chi connectivity index (χ0n) is 27.5. The average molecular weight is 689 g/mol. The Bertz CT molecular complexity index is 1810. The van der Waals surface area contributed by atoms with Crippen LogP contribution in [0.1, 0.15) is 61.2 Å². The molecule has 4 aromatic rings. The monoisotopic (exact) mass is 688 g/mol. The van der Waals surface area contributed by atoms with Crippen molar-refractivity contribution in [3.8, 4) is 11.5 Å². The van der Waals surface area contributed by atoms with Crippen LogP contribution in [-0.4, -0.2) is 30.0 Å². The van der Waals surface area contributed by atoms with Crippen molar-refractivity contribution in [2.24, 2.45) is 0 Å². The fourth-order valence-corrected chi connectivity index (χ4v) is 7.01. The quantitative estimate of drug-likeness (QED) is 0.134. The topological polar surface area (TPSA) is 105 Å². The van der Waals surface area contributed by atoms with Crippen LogP contribution in [0.5, 0.6) is 11.5 Å². The summed E-state index contributed by atoms with van der Waals surface area (Å²) in [6.45, 7) is 9.19. The first-order chi connectivity index (χ1) is 22.9. The fraction of sp³-hybridized carbons (Fsp3) is 0.263. The molecule has 2 heterocycles. The maximum absolute atomic E-state index is 12.3. The normalized spacial score (nSPS) is 18.1. The molecule has 0 fully saturated rings. The summed E-state index contributed by atoms with van der Waals surface area (Å²) in [5, 5.41) is 0. The van der Waals surface area contributed by atoms with Crippen molar-refractivity contribution in [3.63, 3.8) is 0 Å². The average Bonchev–Trinajstić information content (AvgIpc) is 3.06. The third kappa shape index (κ3) is 9.44. The van der Waals surface area contributed by atoms with E-state index in [1.54, 1.807) is 72.8 Å². The zero-order valence-corrected chi connectivity index (χ0v) is 29.1. The highest BCUT2D eigenvalue weighted by Gasteiger charge is 2.20. The smallest absolute Gasteiger partial charge is 0.339 e. The van der Waals surface area contributed by atoms with Crippen molar-refractivity contribution in [1.29, 1.82) is 0 Å². The molecule has 0 aliphatic carbocycles. The number of hydrogen-bond acceptors (Lipinski definition) is 8. The molecule has 0 N–H and O–H groups in total. The van der Waals surface area contributed by atoms with Gasteiger partial charge in [0.2, 0.25) is 0 Å². The first kappa shape index (κ1) is 35.1. The molecule has 4 aromatic carbocycles.